The van der Waals surface area contributed by atoms with Gasteiger partial charge in [-0.1, -0.05) is 12.1 Å². The number of rotatable bonds is 9. The van der Waals surface area contributed by atoms with E-state index in [1.54, 1.807) is 24.3 Å². The van der Waals surface area contributed by atoms with Crippen LogP contribution >= 0.6 is 0 Å². The monoisotopic (exact) mass is 362 g/mol. The van der Waals surface area contributed by atoms with Gasteiger partial charge in [0.05, 0.1) is 14.2 Å². The molecule has 138 valence electrons. The van der Waals surface area contributed by atoms with Crippen molar-refractivity contribution in [3.8, 4) is 23.0 Å². The molecule has 2 aromatic rings. The van der Waals surface area contributed by atoms with Crippen LogP contribution in [0.4, 0.5) is 0 Å². The van der Waals surface area contributed by atoms with Gasteiger partial charge in [-0.25, -0.2) is 9.59 Å². The zero-order chi connectivity index (χ0) is 19.1. The molecule has 0 fully saturated rings. The van der Waals surface area contributed by atoms with Gasteiger partial charge >= 0.3 is 11.9 Å². The Bertz CT molecular complexity index is 732. The number of hydrogen-bond acceptors (Lipinski definition) is 6. The summed E-state index contributed by atoms with van der Waals surface area (Å²) in [5.74, 6) is -1.62. The fraction of sp³-hybridized carbons (Fsp3) is 0.222. The Kier molecular flexibility index (Phi) is 6.26. The molecule has 8 heteroatoms. The van der Waals surface area contributed by atoms with E-state index < -0.39 is 11.9 Å². The Hall–Kier alpha value is -3.42. The molecule has 8 nitrogen and oxygen atoms in total. The lowest BCUT2D eigenvalue weighted by molar-refractivity contribution is 0.0676. The van der Waals surface area contributed by atoms with Gasteiger partial charge in [0.25, 0.3) is 0 Å². The van der Waals surface area contributed by atoms with E-state index in [1.807, 2.05) is 0 Å². The van der Waals surface area contributed by atoms with Crippen LogP contribution in [-0.4, -0.2) is 49.6 Å². The maximum Gasteiger partial charge on any atom is 0.339 e. The Morgan fingerprint density at radius 3 is 1.46 bits per heavy atom. The predicted molar refractivity (Wildman–Crippen MR) is 90.9 cm³/mol. The third-order valence-corrected chi connectivity index (χ3v) is 3.43. The standard InChI is InChI=1S/C18H18O8/c1-23-13-7-3-5-11(17(19)20)15(13)25-9-10-26-16-12(18(21)22)6-4-8-14(16)24-2/h3-8H,9-10H2,1-2H3,(H,19,20)(H,21,22). The molecule has 0 bridgehead atoms. The Labute approximate surface area is 149 Å². The number of para-hydroxylation sites is 2. The van der Waals surface area contributed by atoms with E-state index in [1.165, 1.54) is 26.4 Å². The maximum atomic E-state index is 11.3. The van der Waals surface area contributed by atoms with E-state index in [0.717, 1.165) is 0 Å². The molecule has 2 rings (SSSR count). The zero-order valence-corrected chi connectivity index (χ0v) is 14.2. The minimum atomic E-state index is -1.15. The van der Waals surface area contributed by atoms with Gasteiger partial charge in [-0.3, -0.25) is 0 Å². The third-order valence-electron chi connectivity index (χ3n) is 3.43. The fourth-order valence-corrected chi connectivity index (χ4v) is 2.28. The van der Waals surface area contributed by atoms with Crippen LogP contribution in [0.3, 0.4) is 0 Å². The van der Waals surface area contributed by atoms with Crippen molar-refractivity contribution in [1.82, 2.24) is 0 Å². The second kappa shape index (κ2) is 8.61. The highest BCUT2D eigenvalue weighted by molar-refractivity contribution is 5.92. The van der Waals surface area contributed by atoms with Crippen LogP contribution in [-0.2, 0) is 0 Å². The zero-order valence-electron chi connectivity index (χ0n) is 14.2. The van der Waals surface area contributed by atoms with Gasteiger partial charge in [-0.2, -0.15) is 0 Å². The summed E-state index contributed by atoms with van der Waals surface area (Å²) < 4.78 is 21.2. The van der Waals surface area contributed by atoms with E-state index in [0.29, 0.717) is 0 Å². The normalized spacial score (nSPS) is 10.1. The summed E-state index contributed by atoms with van der Waals surface area (Å²) in [7, 11) is 2.80. The molecule has 0 heterocycles. The summed E-state index contributed by atoms with van der Waals surface area (Å²) in [6.45, 7) is -0.0600. The molecular weight excluding hydrogens is 344 g/mol. The number of methoxy groups -OCH3 is 2. The van der Waals surface area contributed by atoms with Crippen LogP contribution in [0.15, 0.2) is 36.4 Å². The number of hydrogen-bond donors (Lipinski definition) is 2. The van der Waals surface area contributed by atoms with Crippen LogP contribution in [0.1, 0.15) is 20.7 Å². The minimum absolute atomic E-state index is 0.0300. The number of aromatic carboxylic acids is 2. The first kappa shape index (κ1) is 18.9. The van der Waals surface area contributed by atoms with Gasteiger partial charge in [-0.15, -0.1) is 0 Å². The smallest absolute Gasteiger partial charge is 0.339 e. The van der Waals surface area contributed by atoms with Gasteiger partial charge in [0.2, 0.25) is 0 Å². The van der Waals surface area contributed by atoms with Crippen LogP contribution in [0, 0.1) is 0 Å². The summed E-state index contributed by atoms with van der Waals surface area (Å²) in [5, 5.41) is 18.5. The largest absolute Gasteiger partial charge is 0.493 e. The molecular formula is C18H18O8. The number of benzene rings is 2. The Balaban J connectivity index is 2.11. The molecule has 0 aliphatic heterocycles. The maximum absolute atomic E-state index is 11.3. The van der Waals surface area contributed by atoms with Crippen molar-refractivity contribution in [1.29, 1.82) is 0 Å². The second-order valence-corrected chi connectivity index (χ2v) is 4.98. The van der Waals surface area contributed by atoms with E-state index in [2.05, 4.69) is 0 Å². The number of carboxylic acids is 2. The van der Waals surface area contributed by atoms with Gasteiger partial charge in [0.15, 0.2) is 23.0 Å². The topological polar surface area (TPSA) is 112 Å². The molecule has 2 N–H and O–H groups in total. The van der Waals surface area contributed by atoms with Gasteiger partial charge in [-0.05, 0) is 24.3 Å². The summed E-state index contributed by atoms with van der Waals surface area (Å²) in [6.07, 6.45) is 0. The van der Waals surface area contributed by atoms with Gasteiger partial charge < -0.3 is 29.2 Å². The summed E-state index contributed by atoms with van der Waals surface area (Å²) >= 11 is 0. The van der Waals surface area contributed by atoms with Gasteiger partial charge in [0, 0.05) is 0 Å². The van der Waals surface area contributed by atoms with Crippen LogP contribution in [0.5, 0.6) is 23.0 Å². The predicted octanol–water partition coefficient (Wildman–Crippen LogP) is 2.56. The van der Waals surface area contributed by atoms with E-state index in [4.69, 9.17) is 18.9 Å². The number of carboxylic acid groups (broad SMARTS) is 2. The van der Waals surface area contributed by atoms with Crippen molar-refractivity contribution >= 4 is 11.9 Å². The van der Waals surface area contributed by atoms with Crippen LogP contribution in [0.2, 0.25) is 0 Å². The van der Waals surface area contributed by atoms with E-state index in [-0.39, 0.29) is 47.3 Å². The number of ether oxygens (including phenoxy) is 4. The Morgan fingerprint density at radius 1 is 0.769 bits per heavy atom. The quantitative estimate of drug-likeness (QED) is 0.655. The molecule has 0 saturated carbocycles. The average molecular weight is 362 g/mol. The first-order valence-electron chi connectivity index (χ1n) is 7.55. The highest BCUT2D eigenvalue weighted by Crippen LogP contribution is 2.32. The summed E-state index contributed by atoms with van der Waals surface area (Å²) in [6, 6.07) is 9.02. The highest BCUT2D eigenvalue weighted by Gasteiger charge is 2.18. The molecule has 2 aromatic carbocycles. The molecule has 0 spiro atoms. The van der Waals surface area contributed by atoms with Crippen LogP contribution in [0.25, 0.3) is 0 Å². The molecule has 0 aliphatic carbocycles. The van der Waals surface area contributed by atoms with Gasteiger partial charge in [0.1, 0.15) is 24.3 Å². The molecule has 0 aromatic heterocycles. The fourth-order valence-electron chi connectivity index (χ4n) is 2.28. The van der Waals surface area contributed by atoms with Crippen molar-refractivity contribution in [3.63, 3.8) is 0 Å². The molecule has 0 radical (unpaired) electrons. The molecule has 0 amide bonds. The molecule has 0 aliphatic rings. The van der Waals surface area contributed by atoms with Crippen LogP contribution < -0.4 is 18.9 Å². The first-order chi connectivity index (χ1) is 12.5. The molecule has 0 unspecified atom stereocenters. The summed E-state index contributed by atoms with van der Waals surface area (Å²) in [5.41, 5.74) is -0.0965. The molecule has 26 heavy (non-hydrogen) atoms. The SMILES string of the molecule is COc1cccc(C(=O)O)c1OCCOc1c(OC)cccc1C(=O)O. The third kappa shape index (κ3) is 4.15. The van der Waals surface area contributed by atoms with Crippen molar-refractivity contribution in [2.75, 3.05) is 27.4 Å². The average Bonchev–Trinajstić information content (AvgIpc) is 2.64. The minimum Gasteiger partial charge on any atom is -0.493 e. The lowest BCUT2D eigenvalue weighted by Crippen LogP contribution is -2.14. The summed E-state index contributed by atoms with van der Waals surface area (Å²) in [4.78, 5) is 22.6. The lowest BCUT2D eigenvalue weighted by atomic mass is 10.2. The first-order valence-corrected chi connectivity index (χ1v) is 7.55. The second-order valence-electron chi connectivity index (χ2n) is 4.98. The van der Waals surface area contributed by atoms with E-state index in [9.17, 15) is 19.8 Å². The Morgan fingerprint density at radius 2 is 1.15 bits per heavy atom. The van der Waals surface area contributed by atoms with Crippen molar-refractivity contribution in [2.24, 2.45) is 0 Å². The molecule has 0 saturated heterocycles. The van der Waals surface area contributed by atoms with Crippen molar-refractivity contribution in [2.45, 2.75) is 0 Å². The molecule has 0 atom stereocenters. The van der Waals surface area contributed by atoms with E-state index >= 15 is 0 Å². The lowest BCUT2D eigenvalue weighted by Gasteiger charge is -2.15. The highest BCUT2D eigenvalue weighted by atomic mass is 16.6. The van der Waals surface area contributed by atoms with Crippen molar-refractivity contribution in [3.05, 3.63) is 47.5 Å². The number of carbonyl (C=O) groups is 2. The van der Waals surface area contributed by atoms with Crippen molar-refractivity contribution < 1.29 is 38.7 Å².